The normalized spacial score (nSPS) is 15.2. The summed E-state index contributed by atoms with van der Waals surface area (Å²) in [6.45, 7) is -3.26. The molecule has 3 rings (SSSR count). The predicted molar refractivity (Wildman–Crippen MR) is 104 cm³/mol. The number of carbonyl (C=O) groups is 3. The van der Waals surface area contributed by atoms with Crippen LogP contribution in [0.3, 0.4) is 0 Å². The molecule has 156 valence electrons. The molecular weight excluding hydrogens is 421 g/mol. The first-order chi connectivity index (χ1) is 14.3. The summed E-state index contributed by atoms with van der Waals surface area (Å²) < 4.78 is 42.2. The highest BCUT2D eigenvalue weighted by Gasteiger charge is 2.34. The van der Waals surface area contributed by atoms with Gasteiger partial charge in [0.05, 0.1) is 10.5 Å². The van der Waals surface area contributed by atoms with E-state index in [0.717, 1.165) is 16.7 Å². The number of carbonyl (C=O) groups excluding carboxylic acids is 3. The zero-order valence-electron chi connectivity index (χ0n) is 15.3. The molecule has 0 saturated carbocycles. The number of hydrogen-bond acceptors (Lipinski definition) is 5. The number of hydrogen-bond donors (Lipinski definition) is 1. The highest BCUT2D eigenvalue weighted by molar-refractivity contribution is 8.18. The second kappa shape index (κ2) is 9.49. The van der Waals surface area contributed by atoms with Gasteiger partial charge in [0.1, 0.15) is 11.6 Å². The first-order valence-electron chi connectivity index (χ1n) is 8.68. The van der Waals surface area contributed by atoms with Crippen molar-refractivity contribution in [2.75, 3.05) is 13.1 Å². The number of ether oxygens (including phenoxy) is 1. The first-order valence-corrected chi connectivity index (χ1v) is 9.50. The third-order valence-corrected chi connectivity index (χ3v) is 4.92. The Labute approximate surface area is 173 Å². The third kappa shape index (κ3) is 5.20. The summed E-state index contributed by atoms with van der Waals surface area (Å²) in [5.41, 5.74) is 0.467. The minimum Gasteiger partial charge on any atom is -0.434 e. The number of rotatable bonds is 7. The van der Waals surface area contributed by atoms with Crippen LogP contribution in [-0.2, 0) is 4.79 Å². The Morgan fingerprint density at radius 3 is 2.53 bits per heavy atom. The summed E-state index contributed by atoms with van der Waals surface area (Å²) in [5.74, 6) is -1.92. The molecular formula is C20H15F3N2O4S. The van der Waals surface area contributed by atoms with Gasteiger partial charge >= 0.3 is 6.61 Å². The van der Waals surface area contributed by atoms with Crippen LogP contribution in [0, 0.1) is 5.82 Å². The van der Waals surface area contributed by atoms with Gasteiger partial charge in [-0.25, -0.2) is 4.39 Å². The number of nitrogens with one attached hydrogen (secondary N) is 1. The highest BCUT2D eigenvalue weighted by atomic mass is 32.2. The highest BCUT2D eigenvalue weighted by Crippen LogP contribution is 2.32. The van der Waals surface area contributed by atoms with E-state index >= 15 is 0 Å². The summed E-state index contributed by atoms with van der Waals surface area (Å²) in [5, 5.41) is 1.96. The van der Waals surface area contributed by atoms with Crippen molar-refractivity contribution in [2.24, 2.45) is 0 Å². The van der Waals surface area contributed by atoms with Crippen LogP contribution in [0.1, 0.15) is 15.9 Å². The van der Waals surface area contributed by atoms with Gasteiger partial charge in [0.25, 0.3) is 17.1 Å². The van der Waals surface area contributed by atoms with E-state index in [1.54, 1.807) is 0 Å². The van der Waals surface area contributed by atoms with Crippen molar-refractivity contribution in [3.05, 3.63) is 70.4 Å². The Hall–Kier alpha value is -3.27. The molecule has 10 heteroatoms. The number of thioether (sulfide) groups is 1. The van der Waals surface area contributed by atoms with Crippen molar-refractivity contribution in [1.29, 1.82) is 0 Å². The topological polar surface area (TPSA) is 75.7 Å². The molecule has 1 aliphatic heterocycles. The zero-order valence-corrected chi connectivity index (χ0v) is 16.1. The van der Waals surface area contributed by atoms with Crippen LogP contribution in [0.25, 0.3) is 6.08 Å². The smallest absolute Gasteiger partial charge is 0.387 e. The molecule has 3 amide bonds. The van der Waals surface area contributed by atoms with Crippen LogP contribution in [0.2, 0.25) is 0 Å². The molecule has 1 heterocycles. The maximum atomic E-state index is 13.0. The Morgan fingerprint density at radius 1 is 1.13 bits per heavy atom. The van der Waals surface area contributed by atoms with E-state index in [-0.39, 0.29) is 29.3 Å². The average molecular weight is 436 g/mol. The molecule has 1 N–H and O–H groups in total. The van der Waals surface area contributed by atoms with E-state index in [2.05, 4.69) is 10.1 Å². The summed E-state index contributed by atoms with van der Waals surface area (Å²) in [6.07, 6.45) is 1.47. The van der Waals surface area contributed by atoms with E-state index in [9.17, 15) is 27.6 Å². The minimum atomic E-state index is -3.08. The fraction of sp³-hybridized carbons (Fsp3) is 0.150. The Balaban J connectivity index is 1.60. The quantitative estimate of drug-likeness (QED) is 0.667. The molecule has 2 aromatic carbocycles. The maximum Gasteiger partial charge on any atom is 0.387 e. The van der Waals surface area contributed by atoms with Crippen LogP contribution in [0.4, 0.5) is 18.0 Å². The summed E-state index contributed by atoms with van der Waals surface area (Å²) in [4.78, 5) is 37.9. The number of imide groups is 1. The summed E-state index contributed by atoms with van der Waals surface area (Å²) >= 11 is 0.734. The van der Waals surface area contributed by atoms with Gasteiger partial charge in [-0.2, -0.15) is 8.78 Å². The summed E-state index contributed by atoms with van der Waals surface area (Å²) in [6, 6.07) is 10.9. The lowest BCUT2D eigenvalue weighted by molar-refractivity contribution is -0.122. The molecule has 1 aliphatic rings. The molecule has 0 unspecified atom stereocenters. The number of benzene rings is 2. The number of nitrogens with zero attached hydrogens (tertiary/aromatic N) is 1. The zero-order chi connectivity index (χ0) is 21.7. The van der Waals surface area contributed by atoms with Gasteiger partial charge in [0, 0.05) is 13.1 Å². The van der Waals surface area contributed by atoms with Gasteiger partial charge in [0.2, 0.25) is 0 Å². The van der Waals surface area contributed by atoms with E-state index < -0.39 is 29.5 Å². The first kappa shape index (κ1) is 21.4. The number of para-hydroxylation sites is 1. The van der Waals surface area contributed by atoms with Gasteiger partial charge in [-0.15, -0.1) is 0 Å². The monoisotopic (exact) mass is 436 g/mol. The van der Waals surface area contributed by atoms with Crippen molar-refractivity contribution in [3.8, 4) is 5.75 Å². The lowest BCUT2D eigenvalue weighted by Gasteiger charge is -2.14. The predicted octanol–water partition coefficient (Wildman–Crippen LogP) is 3.89. The van der Waals surface area contributed by atoms with Crippen LogP contribution in [0.5, 0.6) is 5.75 Å². The van der Waals surface area contributed by atoms with Gasteiger partial charge in [-0.1, -0.05) is 24.3 Å². The van der Waals surface area contributed by atoms with Crippen LogP contribution in [0.15, 0.2) is 53.4 Å². The fourth-order valence-corrected chi connectivity index (χ4v) is 3.50. The molecule has 0 aromatic heterocycles. The van der Waals surface area contributed by atoms with Crippen molar-refractivity contribution >= 4 is 34.9 Å². The fourth-order valence-electron chi connectivity index (χ4n) is 2.63. The SMILES string of the molecule is O=C(NCCN1C(=O)S/C(=C\c2ccc(F)cc2)C1=O)c1ccccc1OC(F)F. The Morgan fingerprint density at radius 2 is 1.83 bits per heavy atom. The molecule has 1 saturated heterocycles. The standard InChI is InChI=1S/C20H15F3N2O4S/c21-13-7-5-12(6-8-13)11-16-18(27)25(20(28)30-16)10-9-24-17(26)14-3-1-2-4-15(14)29-19(22)23/h1-8,11,19H,9-10H2,(H,24,26)/b16-11-. The molecule has 0 bridgehead atoms. The molecule has 30 heavy (non-hydrogen) atoms. The molecule has 1 fully saturated rings. The molecule has 6 nitrogen and oxygen atoms in total. The molecule has 0 spiro atoms. The van der Waals surface area contributed by atoms with Gasteiger partial charge in [-0.05, 0) is 47.7 Å². The minimum absolute atomic E-state index is 0.0796. The molecule has 2 aromatic rings. The van der Waals surface area contributed by atoms with Gasteiger partial charge < -0.3 is 10.1 Å². The maximum absolute atomic E-state index is 13.0. The third-order valence-electron chi connectivity index (χ3n) is 4.01. The lowest BCUT2D eigenvalue weighted by Crippen LogP contribution is -2.37. The van der Waals surface area contributed by atoms with Crippen LogP contribution in [-0.4, -0.2) is 41.7 Å². The Bertz CT molecular complexity index is 996. The molecule has 0 aliphatic carbocycles. The van der Waals surface area contributed by atoms with E-state index in [0.29, 0.717) is 5.56 Å². The van der Waals surface area contributed by atoms with Gasteiger partial charge in [-0.3, -0.25) is 19.3 Å². The van der Waals surface area contributed by atoms with E-state index in [4.69, 9.17) is 0 Å². The largest absolute Gasteiger partial charge is 0.434 e. The van der Waals surface area contributed by atoms with Crippen molar-refractivity contribution in [2.45, 2.75) is 6.61 Å². The van der Waals surface area contributed by atoms with Crippen LogP contribution >= 0.6 is 11.8 Å². The number of halogens is 3. The van der Waals surface area contributed by atoms with Crippen molar-refractivity contribution in [1.82, 2.24) is 10.2 Å². The Kier molecular flexibility index (Phi) is 6.78. The second-order valence-corrected chi connectivity index (χ2v) is 7.01. The second-order valence-electron chi connectivity index (χ2n) is 6.02. The van der Waals surface area contributed by atoms with Crippen molar-refractivity contribution < 1.29 is 32.3 Å². The number of amides is 3. The van der Waals surface area contributed by atoms with Crippen LogP contribution < -0.4 is 10.1 Å². The van der Waals surface area contributed by atoms with E-state index in [1.807, 2.05) is 0 Å². The average Bonchev–Trinajstić information content (AvgIpc) is 2.97. The molecule has 0 radical (unpaired) electrons. The number of alkyl halides is 2. The summed E-state index contributed by atoms with van der Waals surface area (Å²) in [7, 11) is 0. The van der Waals surface area contributed by atoms with E-state index in [1.165, 1.54) is 54.6 Å². The van der Waals surface area contributed by atoms with Crippen molar-refractivity contribution in [3.63, 3.8) is 0 Å². The van der Waals surface area contributed by atoms with Gasteiger partial charge in [0.15, 0.2) is 0 Å². The molecule has 0 atom stereocenters. The lowest BCUT2D eigenvalue weighted by atomic mass is 10.2.